The van der Waals surface area contributed by atoms with Gasteiger partial charge in [-0.15, -0.1) is 0 Å². The molecular weight excluding hydrogens is 444 g/mol. The Kier molecular flexibility index (Phi) is 9.74. The van der Waals surface area contributed by atoms with Crippen LogP contribution in [0.1, 0.15) is 57.8 Å². The van der Waals surface area contributed by atoms with E-state index >= 15 is 0 Å². The summed E-state index contributed by atoms with van der Waals surface area (Å²) in [6, 6.07) is 16.5. The lowest BCUT2D eigenvalue weighted by Gasteiger charge is -2.28. The first kappa shape index (κ1) is 26.2. The fourth-order valence-corrected chi connectivity index (χ4v) is 5.28. The zero-order chi connectivity index (χ0) is 25.2. The highest BCUT2D eigenvalue weighted by Gasteiger charge is 2.20. The third-order valence-electron chi connectivity index (χ3n) is 7.40. The van der Waals surface area contributed by atoms with E-state index in [9.17, 15) is 0 Å². The zero-order valence-corrected chi connectivity index (χ0v) is 22.2. The predicted octanol–water partition coefficient (Wildman–Crippen LogP) is 6.77. The van der Waals surface area contributed by atoms with Crippen LogP contribution in [0.25, 0.3) is 17.0 Å². The van der Waals surface area contributed by atoms with Gasteiger partial charge in [0.2, 0.25) is 0 Å². The van der Waals surface area contributed by atoms with E-state index in [1.807, 2.05) is 12.1 Å². The lowest BCUT2D eigenvalue weighted by atomic mass is 9.79. The summed E-state index contributed by atoms with van der Waals surface area (Å²) in [4.78, 5) is 11.8. The smallest absolute Gasteiger partial charge is 0.139 e. The van der Waals surface area contributed by atoms with Crippen molar-refractivity contribution in [2.75, 3.05) is 39.2 Å². The van der Waals surface area contributed by atoms with Crippen LogP contribution < -0.4 is 15.0 Å². The molecule has 4 rings (SSSR count). The Morgan fingerprint density at radius 1 is 0.972 bits per heavy atom. The molecular formula is C31H44N4O. The predicted molar refractivity (Wildman–Crippen MR) is 154 cm³/mol. The molecule has 0 atom stereocenters. The number of hydrogen-bond acceptors (Lipinski definition) is 5. The number of fused-ring (bicyclic) bond motifs is 1. The second-order valence-corrected chi connectivity index (χ2v) is 10.3. The minimum absolute atomic E-state index is 0. The monoisotopic (exact) mass is 488 g/mol. The molecule has 0 bridgehead atoms. The molecule has 0 unspecified atom stereocenters. The van der Waals surface area contributed by atoms with E-state index in [4.69, 9.17) is 14.7 Å². The van der Waals surface area contributed by atoms with Gasteiger partial charge in [0.15, 0.2) is 0 Å². The van der Waals surface area contributed by atoms with Gasteiger partial charge in [0.1, 0.15) is 17.4 Å². The number of rotatable bonds is 12. The van der Waals surface area contributed by atoms with E-state index in [1.54, 1.807) is 7.11 Å². The first-order chi connectivity index (χ1) is 17.6. The molecule has 1 heterocycles. The molecule has 36 heavy (non-hydrogen) atoms. The number of aromatic nitrogens is 2. The van der Waals surface area contributed by atoms with E-state index in [1.165, 1.54) is 50.5 Å². The van der Waals surface area contributed by atoms with Crippen molar-refractivity contribution in [2.24, 2.45) is 11.8 Å². The molecule has 1 N–H and O–H groups in total. The minimum atomic E-state index is 0. The first-order valence-corrected chi connectivity index (χ1v) is 13.6. The van der Waals surface area contributed by atoms with Gasteiger partial charge in [-0.05, 0) is 67.5 Å². The van der Waals surface area contributed by atoms with Gasteiger partial charge in [0.05, 0.1) is 12.6 Å². The quantitative estimate of drug-likeness (QED) is 0.285. The zero-order valence-electron chi connectivity index (χ0n) is 22.2. The highest BCUT2D eigenvalue weighted by atomic mass is 16.5. The summed E-state index contributed by atoms with van der Waals surface area (Å²) < 4.78 is 5.21. The number of unbranched alkanes of at least 4 members (excludes halogenated alkanes) is 1. The third-order valence-corrected chi connectivity index (χ3v) is 7.40. The van der Waals surface area contributed by atoms with Gasteiger partial charge in [-0.1, -0.05) is 62.1 Å². The number of ether oxygens (including phenoxy) is 1. The number of benzene rings is 2. The number of aryl methyl sites for hydroxylation is 1. The molecule has 0 aliphatic heterocycles. The van der Waals surface area contributed by atoms with Gasteiger partial charge >= 0.3 is 0 Å². The van der Waals surface area contributed by atoms with Crippen molar-refractivity contribution in [3.05, 3.63) is 66.0 Å². The summed E-state index contributed by atoms with van der Waals surface area (Å²) in [6.07, 6.45) is 14.6. The average Bonchev–Trinajstić information content (AvgIpc) is 2.91. The number of anilines is 1. The third kappa shape index (κ3) is 7.54. The minimum Gasteiger partial charge on any atom is -0.497 e. The lowest BCUT2D eigenvalue weighted by Crippen LogP contribution is -2.26. The van der Waals surface area contributed by atoms with Crippen LogP contribution in [-0.2, 0) is 6.42 Å². The van der Waals surface area contributed by atoms with Crippen molar-refractivity contribution in [3.8, 4) is 5.75 Å². The Balaban J connectivity index is 0.00000380. The maximum atomic E-state index is 5.21. The molecule has 0 spiro atoms. The largest absolute Gasteiger partial charge is 0.497 e. The number of nitrogens with one attached hydrogen (secondary N) is 1. The normalized spacial score (nSPS) is 18.1. The van der Waals surface area contributed by atoms with Gasteiger partial charge in [0.25, 0.3) is 0 Å². The molecule has 1 aliphatic rings. The molecule has 194 valence electrons. The molecule has 0 saturated heterocycles. The molecule has 1 fully saturated rings. The molecule has 1 aromatic heterocycles. The lowest BCUT2D eigenvalue weighted by molar-refractivity contribution is 0.254. The Bertz CT molecular complexity index is 1110. The second-order valence-electron chi connectivity index (χ2n) is 10.3. The van der Waals surface area contributed by atoms with Crippen LogP contribution in [0.4, 0.5) is 5.82 Å². The standard InChI is InChI=1S/C31H42N4O.H2/c1-35(2)31-28-11-5-6-12-29(28)33-30(34-31)13-7-4-9-24-14-16-26(17-15-24)23-32-22-8-10-25-18-20-27(36-3)21-19-25;/h5-6,8,10-12,18-21,24,26,32H,4,7,9,13-17,22-23H2,1-3H3;1H/b10-8+;. The second kappa shape index (κ2) is 13.4. The molecule has 1 aliphatic carbocycles. The number of para-hydroxylation sites is 1. The molecule has 0 amide bonds. The summed E-state index contributed by atoms with van der Waals surface area (Å²) >= 11 is 0. The van der Waals surface area contributed by atoms with Gasteiger partial charge in [-0.3, -0.25) is 0 Å². The van der Waals surface area contributed by atoms with E-state index in [-0.39, 0.29) is 1.43 Å². The highest BCUT2D eigenvalue weighted by molar-refractivity contribution is 5.89. The molecule has 0 radical (unpaired) electrons. The van der Waals surface area contributed by atoms with Crippen molar-refractivity contribution in [3.63, 3.8) is 0 Å². The summed E-state index contributed by atoms with van der Waals surface area (Å²) in [5.74, 6) is 4.63. The maximum absolute atomic E-state index is 5.21. The van der Waals surface area contributed by atoms with Crippen LogP contribution in [0.3, 0.4) is 0 Å². The van der Waals surface area contributed by atoms with E-state index in [0.29, 0.717) is 0 Å². The van der Waals surface area contributed by atoms with E-state index in [2.05, 4.69) is 72.9 Å². The van der Waals surface area contributed by atoms with Crippen LogP contribution in [0, 0.1) is 11.8 Å². The van der Waals surface area contributed by atoms with Crippen molar-refractivity contribution in [1.29, 1.82) is 0 Å². The molecule has 2 aromatic carbocycles. The first-order valence-electron chi connectivity index (χ1n) is 13.6. The van der Waals surface area contributed by atoms with Crippen LogP contribution in [-0.4, -0.2) is 44.3 Å². The Labute approximate surface area is 218 Å². The van der Waals surface area contributed by atoms with Crippen LogP contribution in [0.2, 0.25) is 0 Å². The Morgan fingerprint density at radius 2 is 1.72 bits per heavy atom. The van der Waals surface area contributed by atoms with Crippen molar-refractivity contribution >= 4 is 22.8 Å². The van der Waals surface area contributed by atoms with Crippen LogP contribution >= 0.6 is 0 Å². The number of methoxy groups -OCH3 is 1. The van der Waals surface area contributed by atoms with E-state index < -0.39 is 0 Å². The van der Waals surface area contributed by atoms with Crippen LogP contribution in [0.5, 0.6) is 5.75 Å². The Hall–Kier alpha value is -2.92. The summed E-state index contributed by atoms with van der Waals surface area (Å²) in [7, 11) is 5.82. The molecule has 3 aromatic rings. The SMILES string of the molecule is COc1ccc(/C=C/CNCC2CCC(CCCCc3nc(N(C)C)c4ccccc4n3)CC2)cc1.[HH]. The molecule has 5 nitrogen and oxygen atoms in total. The van der Waals surface area contributed by atoms with Crippen LogP contribution in [0.15, 0.2) is 54.6 Å². The number of nitrogens with zero attached hydrogens (tertiary/aromatic N) is 3. The molecule has 1 saturated carbocycles. The number of hydrogen-bond donors (Lipinski definition) is 1. The summed E-state index contributed by atoms with van der Waals surface area (Å²) in [6.45, 7) is 2.06. The van der Waals surface area contributed by atoms with Crippen molar-refractivity contribution in [2.45, 2.75) is 51.4 Å². The average molecular weight is 489 g/mol. The van der Waals surface area contributed by atoms with Gasteiger partial charge in [-0.2, -0.15) is 0 Å². The van der Waals surface area contributed by atoms with Gasteiger partial charge < -0.3 is 15.0 Å². The van der Waals surface area contributed by atoms with Crippen molar-refractivity contribution in [1.82, 2.24) is 15.3 Å². The topological polar surface area (TPSA) is 50.3 Å². The summed E-state index contributed by atoms with van der Waals surface area (Å²) in [5, 5.41) is 4.76. The Morgan fingerprint density at radius 3 is 2.47 bits per heavy atom. The fourth-order valence-electron chi connectivity index (χ4n) is 5.28. The van der Waals surface area contributed by atoms with E-state index in [0.717, 1.165) is 59.6 Å². The summed E-state index contributed by atoms with van der Waals surface area (Å²) in [5.41, 5.74) is 2.26. The fraction of sp³-hybridized carbons (Fsp3) is 0.484. The maximum Gasteiger partial charge on any atom is 0.139 e. The molecule has 5 heteroatoms. The van der Waals surface area contributed by atoms with Crippen molar-refractivity contribution < 1.29 is 6.16 Å². The van der Waals surface area contributed by atoms with Gasteiger partial charge in [-0.25, -0.2) is 9.97 Å². The van der Waals surface area contributed by atoms with Gasteiger partial charge in [0, 0.05) is 33.9 Å². The highest BCUT2D eigenvalue weighted by Crippen LogP contribution is 2.32.